The third-order valence-electron chi connectivity index (χ3n) is 2.72. The zero-order valence-corrected chi connectivity index (χ0v) is 11.4. The summed E-state index contributed by atoms with van der Waals surface area (Å²) in [5.41, 5.74) is 1.92. The summed E-state index contributed by atoms with van der Waals surface area (Å²) in [6.07, 6.45) is 0. The second kappa shape index (κ2) is 5.75. The first-order chi connectivity index (χ1) is 9.45. The van der Waals surface area contributed by atoms with Crippen LogP contribution in [0.1, 0.15) is 26.3 Å². The van der Waals surface area contributed by atoms with Crippen LogP contribution in [0, 0.1) is 6.92 Å². The van der Waals surface area contributed by atoms with E-state index in [1.807, 2.05) is 19.1 Å². The minimum absolute atomic E-state index is 0.0247. The zero-order valence-electron chi connectivity index (χ0n) is 10.7. The summed E-state index contributed by atoms with van der Waals surface area (Å²) in [7, 11) is 0. The van der Waals surface area contributed by atoms with Crippen molar-refractivity contribution < 1.29 is 14.7 Å². The monoisotopic (exact) mass is 289 g/mol. The number of rotatable bonds is 3. The SMILES string of the molecule is Cc1ccc(C(=O)Nc2cc(Cl)cc(C(=O)O)c2)cc1. The van der Waals surface area contributed by atoms with E-state index in [0.29, 0.717) is 11.3 Å². The summed E-state index contributed by atoms with van der Waals surface area (Å²) < 4.78 is 0. The van der Waals surface area contributed by atoms with Gasteiger partial charge in [-0.25, -0.2) is 4.79 Å². The van der Waals surface area contributed by atoms with E-state index in [1.54, 1.807) is 12.1 Å². The minimum Gasteiger partial charge on any atom is -0.478 e. The van der Waals surface area contributed by atoms with Crippen molar-refractivity contribution in [3.8, 4) is 0 Å². The van der Waals surface area contributed by atoms with Gasteiger partial charge in [0.2, 0.25) is 0 Å². The Hall–Kier alpha value is -2.33. The summed E-state index contributed by atoms with van der Waals surface area (Å²) in [4.78, 5) is 22.9. The topological polar surface area (TPSA) is 66.4 Å². The largest absolute Gasteiger partial charge is 0.478 e. The van der Waals surface area contributed by atoms with Crippen molar-refractivity contribution in [1.82, 2.24) is 0 Å². The molecule has 0 saturated heterocycles. The average Bonchev–Trinajstić information content (AvgIpc) is 2.38. The molecule has 0 unspecified atom stereocenters. The molecular formula is C15H12ClNO3. The number of carboxylic acid groups (broad SMARTS) is 1. The molecule has 0 aliphatic heterocycles. The summed E-state index contributed by atoms with van der Waals surface area (Å²) in [6.45, 7) is 1.93. The Labute approximate surface area is 121 Å². The van der Waals surface area contributed by atoms with Gasteiger partial charge in [0.1, 0.15) is 0 Å². The Balaban J connectivity index is 2.23. The van der Waals surface area contributed by atoms with Gasteiger partial charge in [0.05, 0.1) is 5.56 Å². The van der Waals surface area contributed by atoms with Gasteiger partial charge in [-0.2, -0.15) is 0 Å². The first kappa shape index (κ1) is 14.1. The van der Waals surface area contributed by atoms with Crippen LogP contribution < -0.4 is 5.32 Å². The van der Waals surface area contributed by atoms with Crippen molar-refractivity contribution in [3.05, 3.63) is 64.2 Å². The Bertz CT molecular complexity index is 665. The van der Waals surface area contributed by atoms with Crippen LogP contribution >= 0.6 is 11.6 Å². The van der Waals surface area contributed by atoms with Crippen molar-refractivity contribution in [2.24, 2.45) is 0 Å². The number of anilines is 1. The first-order valence-corrected chi connectivity index (χ1v) is 6.25. The van der Waals surface area contributed by atoms with Crippen molar-refractivity contribution in [2.75, 3.05) is 5.32 Å². The van der Waals surface area contributed by atoms with Gasteiger partial charge in [0.15, 0.2) is 0 Å². The maximum atomic E-state index is 12.0. The van der Waals surface area contributed by atoms with Gasteiger partial charge in [0, 0.05) is 16.3 Å². The lowest BCUT2D eigenvalue weighted by molar-refractivity contribution is 0.0696. The number of hydrogen-bond donors (Lipinski definition) is 2. The number of halogens is 1. The van der Waals surface area contributed by atoms with Crippen LogP contribution in [0.2, 0.25) is 5.02 Å². The smallest absolute Gasteiger partial charge is 0.335 e. The van der Waals surface area contributed by atoms with Gasteiger partial charge >= 0.3 is 5.97 Å². The molecule has 0 saturated carbocycles. The Kier molecular flexibility index (Phi) is 4.05. The highest BCUT2D eigenvalue weighted by atomic mass is 35.5. The highest BCUT2D eigenvalue weighted by Gasteiger charge is 2.10. The second-order valence-corrected chi connectivity index (χ2v) is 4.79. The maximum Gasteiger partial charge on any atom is 0.335 e. The first-order valence-electron chi connectivity index (χ1n) is 5.87. The Morgan fingerprint density at radius 1 is 1.05 bits per heavy atom. The van der Waals surface area contributed by atoms with Gasteiger partial charge in [-0.15, -0.1) is 0 Å². The predicted molar refractivity (Wildman–Crippen MR) is 77.5 cm³/mol. The Morgan fingerprint density at radius 3 is 2.30 bits per heavy atom. The van der Waals surface area contributed by atoms with Gasteiger partial charge in [-0.05, 0) is 37.3 Å². The zero-order chi connectivity index (χ0) is 14.7. The van der Waals surface area contributed by atoms with Gasteiger partial charge in [-0.3, -0.25) is 4.79 Å². The molecule has 0 aromatic heterocycles. The van der Waals surface area contributed by atoms with E-state index in [-0.39, 0.29) is 16.5 Å². The number of aromatic carboxylic acids is 1. The van der Waals surface area contributed by atoms with Crippen LogP contribution in [0.25, 0.3) is 0 Å². The Morgan fingerprint density at radius 2 is 1.70 bits per heavy atom. The second-order valence-electron chi connectivity index (χ2n) is 4.35. The fourth-order valence-electron chi connectivity index (χ4n) is 1.69. The van der Waals surface area contributed by atoms with E-state index >= 15 is 0 Å². The maximum absolute atomic E-state index is 12.0. The quantitative estimate of drug-likeness (QED) is 0.907. The molecule has 0 heterocycles. The number of carbonyl (C=O) groups excluding carboxylic acids is 1. The number of nitrogens with one attached hydrogen (secondary N) is 1. The normalized spacial score (nSPS) is 10.1. The number of amides is 1. The molecule has 5 heteroatoms. The number of carbonyl (C=O) groups is 2. The average molecular weight is 290 g/mol. The van der Waals surface area contributed by atoms with Crippen molar-refractivity contribution >= 4 is 29.2 Å². The number of carboxylic acids is 1. The summed E-state index contributed by atoms with van der Waals surface area (Å²) in [5.74, 6) is -1.41. The fourth-order valence-corrected chi connectivity index (χ4v) is 1.93. The summed E-state index contributed by atoms with van der Waals surface area (Å²) in [5, 5.41) is 11.8. The number of hydrogen-bond acceptors (Lipinski definition) is 2. The highest BCUT2D eigenvalue weighted by molar-refractivity contribution is 6.31. The van der Waals surface area contributed by atoms with Crippen molar-refractivity contribution in [2.45, 2.75) is 6.92 Å². The molecule has 20 heavy (non-hydrogen) atoms. The van der Waals surface area contributed by atoms with Gasteiger partial charge in [0.25, 0.3) is 5.91 Å². The van der Waals surface area contributed by atoms with E-state index in [4.69, 9.17) is 16.7 Å². The van der Waals surface area contributed by atoms with Crippen molar-refractivity contribution in [1.29, 1.82) is 0 Å². The molecule has 2 N–H and O–H groups in total. The molecule has 2 rings (SSSR count). The van der Waals surface area contributed by atoms with E-state index in [2.05, 4.69) is 5.32 Å². The molecule has 0 aliphatic carbocycles. The molecular weight excluding hydrogens is 278 g/mol. The molecule has 0 spiro atoms. The van der Waals surface area contributed by atoms with Crippen LogP contribution in [-0.2, 0) is 0 Å². The molecule has 4 nitrogen and oxygen atoms in total. The molecule has 2 aromatic rings. The number of aryl methyl sites for hydroxylation is 1. The fraction of sp³-hybridized carbons (Fsp3) is 0.0667. The van der Waals surface area contributed by atoms with Crippen LogP contribution in [0.4, 0.5) is 5.69 Å². The molecule has 0 aliphatic rings. The van der Waals surface area contributed by atoms with E-state index in [9.17, 15) is 9.59 Å². The van der Waals surface area contributed by atoms with Gasteiger partial charge < -0.3 is 10.4 Å². The van der Waals surface area contributed by atoms with E-state index < -0.39 is 5.97 Å². The van der Waals surface area contributed by atoms with Crippen LogP contribution in [0.3, 0.4) is 0 Å². The molecule has 102 valence electrons. The van der Waals surface area contributed by atoms with Crippen molar-refractivity contribution in [3.63, 3.8) is 0 Å². The van der Waals surface area contributed by atoms with Gasteiger partial charge in [-0.1, -0.05) is 29.3 Å². The lowest BCUT2D eigenvalue weighted by Gasteiger charge is -2.07. The number of benzene rings is 2. The summed E-state index contributed by atoms with van der Waals surface area (Å²) in [6, 6.07) is 11.2. The lowest BCUT2D eigenvalue weighted by Crippen LogP contribution is -2.12. The van der Waals surface area contributed by atoms with Crippen LogP contribution in [0.15, 0.2) is 42.5 Å². The molecule has 0 fully saturated rings. The lowest BCUT2D eigenvalue weighted by atomic mass is 10.1. The third-order valence-corrected chi connectivity index (χ3v) is 2.93. The van der Waals surface area contributed by atoms with E-state index in [0.717, 1.165) is 5.56 Å². The standard InChI is InChI=1S/C15H12ClNO3/c1-9-2-4-10(5-3-9)14(18)17-13-7-11(15(19)20)6-12(16)8-13/h2-8H,1H3,(H,17,18)(H,19,20). The molecule has 0 bridgehead atoms. The highest BCUT2D eigenvalue weighted by Crippen LogP contribution is 2.20. The summed E-state index contributed by atoms with van der Waals surface area (Å²) >= 11 is 5.83. The molecule has 0 radical (unpaired) electrons. The molecule has 2 aromatic carbocycles. The van der Waals surface area contributed by atoms with Crippen LogP contribution in [0.5, 0.6) is 0 Å². The minimum atomic E-state index is -1.10. The third kappa shape index (κ3) is 3.36. The van der Waals surface area contributed by atoms with Crippen LogP contribution in [-0.4, -0.2) is 17.0 Å². The van der Waals surface area contributed by atoms with E-state index in [1.165, 1.54) is 18.2 Å². The molecule has 1 amide bonds. The predicted octanol–water partition coefficient (Wildman–Crippen LogP) is 3.60. The molecule has 0 atom stereocenters.